The van der Waals surface area contributed by atoms with Crippen LogP contribution in [0.3, 0.4) is 0 Å². The van der Waals surface area contributed by atoms with E-state index in [1.165, 1.54) is 36.3 Å². The SMILES string of the molecule is COC(=O)Nc1ccc(-c2cnnc(C(Cc3cccc(F)c3)NC(=O)/C=C/c3cc(Cl)ccc3-n3cnnn3)c2)cc1. The molecule has 5 aromatic rings. The molecular formula is C30H24ClFN8O3. The Morgan fingerprint density at radius 1 is 1.05 bits per heavy atom. The number of benzene rings is 3. The van der Waals surface area contributed by atoms with Crippen LogP contribution in [0.2, 0.25) is 5.02 Å². The molecule has 0 aliphatic carbocycles. The number of nitrogens with zero attached hydrogens (tertiary/aromatic N) is 6. The van der Waals surface area contributed by atoms with Gasteiger partial charge in [-0.15, -0.1) is 5.10 Å². The number of hydrogen-bond acceptors (Lipinski definition) is 8. The maximum atomic E-state index is 14.0. The van der Waals surface area contributed by atoms with Crippen LogP contribution in [0.5, 0.6) is 0 Å². The van der Waals surface area contributed by atoms with Gasteiger partial charge in [-0.05, 0) is 82.6 Å². The first-order valence-corrected chi connectivity index (χ1v) is 13.3. The molecule has 0 saturated heterocycles. The number of carbonyl (C=O) groups excluding carboxylic acids is 2. The fraction of sp³-hybridized carbons (Fsp3) is 0.100. The van der Waals surface area contributed by atoms with Crippen molar-refractivity contribution >= 4 is 35.4 Å². The van der Waals surface area contributed by atoms with Gasteiger partial charge in [0.05, 0.1) is 30.7 Å². The van der Waals surface area contributed by atoms with E-state index in [-0.39, 0.29) is 12.2 Å². The van der Waals surface area contributed by atoms with Crippen molar-refractivity contribution in [1.82, 2.24) is 35.7 Å². The predicted molar refractivity (Wildman–Crippen MR) is 158 cm³/mol. The summed E-state index contributed by atoms with van der Waals surface area (Å²) in [5, 5.41) is 25.7. The van der Waals surface area contributed by atoms with E-state index in [9.17, 15) is 14.0 Å². The van der Waals surface area contributed by atoms with Crippen LogP contribution in [0.15, 0.2) is 91.4 Å². The van der Waals surface area contributed by atoms with Gasteiger partial charge in [0, 0.05) is 27.9 Å². The zero-order valence-corrected chi connectivity index (χ0v) is 23.4. The average molecular weight is 599 g/mol. The van der Waals surface area contributed by atoms with E-state index >= 15 is 0 Å². The zero-order chi connectivity index (χ0) is 30.2. The van der Waals surface area contributed by atoms with Crippen LogP contribution in [0.25, 0.3) is 22.9 Å². The Morgan fingerprint density at radius 2 is 1.88 bits per heavy atom. The highest BCUT2D eigenvalue weighted by atomic mass is 35.5. The molecule has 0 fully saturated rings. The lowest BCUT2D eigenvalue weighted by Crippen LogP contribution is -2.29. The Kier molecular flexibility index (Phi) is 9.08. The minimum Gasteiger partial charge on any atom is -0.453 e. The molecule has 11 nitrogen and oxygen atoms in total. The largest absolute Gasteiger partial charge is 0.453 e. The van der Waals surface area contributed by atoms with Gasteiger partial charge in [-0.2, -0.15) is 14.9 Å². The van der Waals surface area contributed by atoms with Gasteiger partial charge in [0.25, 0.3) is 0 Å². The number of aromatic nitrogens is 6. The van der Waals surface area contributed by atoms with Crippen molar-refractivity contribution in [1.29, 1.82) is 0 Å². The van der Waals surface area contributed by atoms with Crippen LogP contribution in [-0.2, 0) is 16.0 Å². The van der Waals surface area contributed by atoms with Gasteiger partial charge >= 0.3 is 6.09 Å². The van der Waals surface area contributed by atoms with Crippen LogP contribution < -0.4 is 10.6 Å². The summed E-state index contributed by atoms with van der Waals surface area (Å²) in [7, 11) is 1.29. The van der Waals surface area contributed by atoms with E-state index < -0.39 is 18.0 Å². The third-order valence-electron chi connectivity index (χ3n) is 6.33. The topological polar surface area (TPSA) is 137 Å². The highest BCUT2D eigenvalue weighted by molar-refractivity contribution is 6.30. The Labute approximate surface area is 250 Å². The second-order valence-corrected chi connectivity index (χ2v) is 9.69. The Morgan fingerprint density at radius 3 is 2.63 bits per heavy atom. The third kappa shape index (κ3) is 7.63. The lowest BCUT2D eigenvalue weighted by atomic mass is 10.00. The maximum Gasteiger partial charge on any atom is 0.411 e. The van der Waals surface area contributed by atoms with Gasteiger partial charge < -0.3 is 10.1 Å². The molecule has 3 aromatic carbocycles. The first kappa shape index (κ1) is 29.0. The minimum absolute atomic E-state index is 0.254. The normalized spacial score (nSPS) is 11.7. The molecule has 0 aliphatic rings. The van der Waals surface area contributed by atoms with Gasteiger partial charge in [-0.1, -0.05) is 35.9 Å². The van der Waals surface area contributed by atoms with E-state index in [0.717, 1.165) is 11.1 Å². The average Bonchev–Trinajstić information content (AvgIpc) is 3.55. The van der Waals surface area contributed by atoms with Crippen molar-refractivity contribution in [3.8, 4) is 16.8 Å². The number of methoxy groups -OCH3 is 1. The number of amides is 2. The van der Waals surface area contributed by atoms with Crippen molar-refractivity contribution in [2.75, 3.05) is 12.4 Å². The fourth-order valence-electron chi connectivity index (χ4n) is 4.28. The number of hydrogen-bond donors (Lipinski definition) is 2. The second kappa shape index (κ2) is 13.4. The number of anilines is 1. The van der Waals surface area contributed by atoms with E-state index in [1.807, 2.05) is 12.1 Å². The number of halogens is 2. The predicted octanol–water partition coefficient (Wildman–Crippen LogP) is 5.20. The smallest absolute Gasteiger partial charge is 0.411 e. The molecule has 0 radical (unpaired) electrons. The summed E-state index contributed by atoms with van der Waals surface area (Å²) < 4.78 is 20.1. The lowest BCUT2D eigenvalue weighted by Gasteiger charge is -2.18. The summed E-state index contributed by atoms with van der Waals surface area (Å²) in [6, 6.07) is 19.5. The van der Waals surface area contributed by atoms with Gasteiger partial charge in [-0.25, -0.2) is 9.18 Å². The molecule has 216 valence electrons. The van der Waals surface area contributed by atoms with Gasteiger partial charge in [0.2, 0.25) is 5.91 Å². The van der Waals surface area contributed by atoms with Gasteiger partial charge in [0.1, 0.15) is 12.1 Å². The zero-order valence-electron chi connectivity index (χ0n) is 22.7. The van der Waals surface area contributed by atoms with Crippen LogP contribution in [0, 0.1) is 5.82 Å². The summed E-state index contributed by atoms with van der Waals surface area (Å²) in [5.41, 5.74) is 4.47. The Balaban J connectivity index is 1.41. The molecule has 5 rings (SSSR count). The molecule has 43 heavy (non-hydrogen) atoms. The number of rotatable bonds is 9. The second-order valence-electron chi connectivity index (χ2n) is 9.25. The molecule has 0 bridgehead atoms. The summed E-state index contributed by atoms with van der Waals surface area (Å²) in [4.78, 5) is 24.7. The monoisotopic (exact) mass is 598 g/mol. The van der Waals surface area contributed by atoms with E-state index in [0.29, 0.717) is 33.2 Å². The van der Waals surface area contributed by atoms with Crippen molar-refractivity contribution < 1.29 is 18.7 Å². The van der Waals surface area contributed by atoms with Gasteiger partial charge in [0.15, 0.2) is 0 Å². The number of tetrazole rings is 1. The Bertz CT molecular complexity index is 1760. The molecular weight excluding hydrogens is 575 g/mol. The van der Waals surface area contributed by atoms with E-state index in [2.05, 4.69) is 41.1 Å². The molecule has 1 unspecified atom stereocenters. The molecule has 2 N–H and O–H groups in total. The van der Waals surface area contributed by atoms with Crippen LogP contribution in [0.4, 0.5) is 14.9 Å². The molecule has 2 heterocycles. The van der Waals surface area contributed by atoms with Crippen molar-refractivity contribution in [2.24, 2.45) is 0 Å². The number of carbonyl (C=O) groups is 2. The molecule has 0 saturated carbocycles. The molecule has 2 aromatic heterocycles. The van der Waals surface area contributed by atoms with Crippen molar-refractivity contribution in [3.05, 3.63) is 119 Å². The Hall–Kier alpha value is -5.49. The van der Waals surface area contributed by atoms with Gasteiger partial charge in [-0.3, -0.25) is 10.1 Å². The van der Waals surface area contributed by atoms with Crippen molar-refractivity contribution in [3.63, 3.8) is 0 Å². The van der Waals surface area contributed by atoms with E-state index in [1.54, 1.807) is 60.8 Å². The van der Waals surface area contributed by atoms with E-state index in [4.69, 9.17) is 11.6 Å². The summed E-state index contributed by atoms with van der Waals surface area (Å²) >= 11 is 6.20. The molecule has 1 atom stereocenters. The van der Waals surface area contributed by atoms with Crippen LogP contribution in [-0.4, -0.2) is 49.5 Å². The maximum absolute atomic E-state index is 14.0. The first-order valence-electron chi connectivity index (χ1n) is 12.9. The summed E-state index contributed by atoms with van der Waals surface area (Å²) in [5.74, 6) is -0.812. The number of ether oxygens (including phenoxy) is 1. The highest BCUT2D eigenvalue weighted by Crippen LogP contribution is 2.25. The fourth-order valence-corrected chi connectivity index (χ4v) is 4.46. The molecule has 13 heteroatoms. The standard InChI is InChI=1S/C30H24ClFN8O3/c1-43-30(42)35-25-9-5-20(6-10-25)22-16-27(37-33-17-22)26(14-19-3-2-4-24(32)13-19)36-29(41)12-7-21-15-23(31)8-11-28(21)40-18-34-38-39-40/h2-13,15-18,26H,14H2,1H3,(H,35,42)(H,36,41)/b12-7+. The highest BCUT2D eigenvalue weighted by Gasteiger charge is 2.18. The summed E-state index contributed by atoms with van der Waals surface area (Å²) in [6.07, 6.45) is 5.67. The lowest BCUT2D eigenvalue weighted by molar-refractivity contribution is -0.117. The first-order chi connectivity index (χ1) is 20.9. The quantitative estimate of drug-likeness (QED) is 0.221. The molecule has 0 spiro atoms. The summed E-state index contributed by atoms with van der Waals surface area (Å²) in [6.45, 7) is 0. The molecule has 2 amide bonds. The molecule has 0 aliphatic heterocycles. The van der Waals surface area contributed by atoms with Crippen LogP contribution in [0.1, 0.15) is 22.9 Å². The van der Waals surface area contributed by atoms with Crippen LogP contribution >= 0.6 is 11.6 Å². The minimum atomic E-state index is -0.648. The third-order valence-corrected chi connectivity index (χ3v) is 6.56. The van der Waals surface area contributed by atoms with Crippen molar-refractivity contribution in [2.45, 2.75) is 12.5 Å². The number of nitrogens with one attached hydrogen (secondary N) is 2.